The molecular formula is C14H23N3O2S2. The molecule has 2 unspecified atom stereocenters. The van der Waals surface area contributed by atoms with Gasteiger partial charge in [0.05, 0.1) is 0 Å². The number of pyridine rings is 1. The molecule has 1 aliphatic carbocycles. The number of hydrogen-bond acceptors (Lipinski definition) is 5. The Kier molecular flexibility index (Phi) is 5.89. The van der Waals surface area contributed by atoms with Crippen LogP contribution in [0.3, 0.4) is 0 Å². The molecule has 1 aromatic heterocycles. The fourth-order valence-corrected chi connectivity index (χ4v) is 4.74. The summed E-state index contributed by atoms with van der Waals surface area (Å²) >= 11 is 1.81. The van der Waals surface area contributed by atoms with E-state index in [2.05, 4.69) is 21.3 Å². The predicted octanol–water partition coefficient (Wildman–Crippen LogP) is 2.47. The zero-order valence-electron chi connectivity index (χ0n) is 12.5. The van der Waals surface area contributed by atoms with Crippen LogP contribution in [0.5, 0.6) is 0 Å². The highest BCUT2D eigenvalue weighted by Crippen LogP contribution is 2.29. The van der Waals surface area contributed by atoms with Crippen molar-refractivity contribution >= 4 is 27.6 Å². The van der Waals surface area contributed by atoms with Gasteiger partial charge in [0, 0.05) is 24.0 Å². The highest BCUT2D eigenvalue weighted by molar-refractivity contribution is 7.99. The number of aromatic nitrogens is 1. The van der Waals surface area contributed by atoms with E-state index in [4.69, 9.17) is 0 Å². The van der Waals surface area contributed by atoms with E-state index in [9.17, 15) is 8.42 Å². The molecular weight excluding hydrogens is 306 g/mol. The number of thioether (sulfide) groups is 1. The largest absolute Gasteiger partial charge is 0.369 e. The average molecular weight is 329 g/mol. The Bertz CT molecular complexity index is 563. The third-order valence-electron chi connectivity index (χ3n) is 3.64. The fraction of sp³-hybridized carbons (Fsp3) is 0.643. The molecule has 0 aliphatic heterocycles. The Morgan fingerprint density at radius 1 is 1.43 bits per heavy atom. The fourth-order valence-electron chi connectivity index (χ4n) is 2.53. The van der Waals surface area contributed by atoms with Crippen molar-refractivity contribution in [1.82, 2.24) is 9.71 Å². The molecule has 0 amide bonds. The molecule has 1 fully saturated rings. The Labute approximate surface area is 131 Å². The highest BCUT2D eigenvalue weighted by atomic mass is 32.2. The van der Waals surface area contributed by atoms with Crippen LogP contribution in [0.2, 0.25) is 0 Å². The van der Waals surface area contributed by atoms with Gasteiger partial charge < -0.3 is 5.32 Å². The van der Waals surface area contributed by atoms with Crippen molar-refractivity contribution in [2.75, 3.05) is 18.1 Å². The maximum atomic E-state index is 12.6. The number of rotatable bonds is 7. The van der Waals surface area contributed by atoms with Crippen molar-refractivity contribution in [3.63, 3.8) is 0 Å². The summed E-state index contributed by atoms with van der Waals surface area (Å²) in [4.78, 5) is 4.40. The smallest absolute Gasteiger partial charge is 0.244 e. The molecule has 0 aromatic carbocycles. The first-order chi connectivity index (χ1) is 10.1. The minimum atomic E-state index is -3.52. The van der Waals surface area contributed by atoms with Crippen LogP contribution >= 0.6 is 11.8 Å². The second kappa shape index (κ2) is 7.47. The molecule has 118 valence electrons. The van der Waals surface area contributed by atoms with E-state index in [1.807, 2.05) is 18.7 Å². The molecule has 0 bridgehead atoms. The van der Waals surface area contributed by atoms with Crippen LogP contribution in [-0.2, 0) is 10.0 Å². The molecule has 1 saturated carbocycles. The molecule has 1 aromatic rings. The maximum absolute atomic E-state index is 12.6. The van der Waals surface area contributed by atoms with Gasteiger partial charge in [0.1, 0.15) is 10.7 Å². The molecule has 21 heavy (non-hydrogen) atoms. The molecule has 1 heterocycles. The second-order valence-electron chi connectivity index (χ2n) is 5.27. The summed E-state index contributed by atoms with van der Waals surface area (Å²) in [6.07, 6.45) is 7.48. The molecule has 0 saturated heterocycles. The van der Waals surface area contributed by atoms with Crippen molar-refractivity contribution < 1.29 is 8.42 Å². The van der Waals surface area contributed by atoms with Crippen molar-refractivity contribution in [2.24, 2.45) is 0 Å². The van der Waals surface area contributed by atoms with Gasteiger partial charge in [-0.2, -0.15) is 11.8 Å². The summed E-state index contributed by atoms with van der Waals surface area (Å²) in [7, 11) is -3.52. The minimum Gasteiger partial charge on any atom is -0.369 e. The normalized spacial score (nSPS) is 22.4. The summed E-state index contributed by atoms with van der Waals surface area (Å²) in [6, 6.07) is 3.30. The zero-order valence-corrected chi connectivity index (χ0v) is 14.1. The van der Waals surface area contributed by atoms with E-state index >= 15 is 0 Å². The molecule has 0 radical (unpaired) electrons. The molecule has 2 atom stereocenters. The predicted molar refractivity (Wildman–Crippen MR) is 88.3 cm³/mol. The van der Waals surface area contributed by atoms with Gasteiger partial charge in [0.2, 0.25) is 10.0 Å². The third kappa shape index (κ3) is 4.34. The van der Waals surface area contributed by atoms with Crippen LogP contribution in [0.25, 0.3) is 0 Å². The van der Waals surface area contributed by atoms with Crippen molar-refractivity contribution in [3.05, 3.63) is 18.3 Å². The van der Waals surface area contributed by atoms with Gasteiger partial charge in [-0.1, -0.05) is 6.92 Å². The lowest BCUT2D eigenvalue weighted by atomic mass is 10.3. The molecule has 5 nitrogen and oxygen atoms in total. The lowest BCUT2D eigenvalue weighted by Gasteiger charge is -2.15. The second-order valence-corrected chi connectivity index (χ2v) is 8.09. The number of hydrogen-bond donors (Lipinski definition) is 2. The van der Waals surface area contributed by atoms with Crippen LogP contribution in [-0.4, -0.2) is 37.5 Å². The number of anilines is 1. The Morgan fingerprint density at radius 3 is 2.90 bits per heavy atom. The molecule has 2 N–H and O–H groups in total. The van der Waals surface area contributed by atoms with Crippen LogP contribution in [0.1, 0.15) is 32.6 Å². The molecule has 0 spiro atoms. The summed E-state index contributed by atoms with van der Waals surface area (Å²) in [5, 5.41) is 3.64. The Morgan fingerprint density at radius 2 is 2.24 bits per heavy atom. The van der Waals surface area contributed by atoms with E-state index in [-0.39, 0.29) is 10.9 Å². The number of nitrogens with zero attached hydrogens (tertiary/aromatic N) is 1. The first-order valence-electron chi connectivity index (χ1n) is 7.31. The van der Waals surface area contributed by atoms with Gasteiger partial charge in [-0.25, -0.2) is 18.1 Å². The van der Waals surface area contributed by atoms with Gasteiger partial charge in [-0.05, 0) is 44.1 Å². The molecule has 1 aliphatic rings. The molecule has 7 heteroatoms. The maximum Gasteiger partial charge on any atom is 0.244 e. The van der Waals surface area contributed by atoms with Crippen LogP contribution in [0, 0.1) is 0 Å². The average Bonchev–Trinajstić information content (AvgIpc) is 2.92. The number of nitrogens with one attached hydrogen (secondary N) is 2. The first kappa shape index (κ1) is 16.6. The minimum absolute atomic E-state index is 0.0340. The topological polar surface area (TPSA) is 71.1 Å². The number of sulfonamides is 1. The zero-order chi connectivity index (χ0) is 15.3. The lowest BCUT2D eigenvalue weighted by Crippen LogP contribution is -2.33. The quantitative estimate of drug-likeness (QED) is 0.804. The van der Waals surface area contributed by atoms with Crippen molar-refractivity contribution in [3.8, 4) is 0 Å². The molecule has 2 rings (SSSR count). The lowest BCUT2D eigenvalue weighted by molar-refractivity contribution is 0.552. The Balaban J connectivity index is 2.12. The van der Waals surface area contributed by atoms with E-state index in [1.54, 1.807) is 18.3 Å². The van der Waals surface area contributed by atoms with Gasteiger partial charge in [0.15, 0.2) is 0 Å². The third-order valence-corrected chi connectivity index (χ3v) is 6.29. The van der Waals surface area contributed by atoms with Gasteiger partial charge >= 0.3 is 0 Å². The standard InChI is InChI=1S/C14H23N3O2S2/c1-3-8-15-14-13(5-4-9-16-14)21(18,19)17-11-6-7-12(10-11)20-2/h4-5,9,11-12,17H,3,6-8,10H2,1-2H3,(H,15,16). The van der Waals surface area contributed by atoms with Crippen molar-refractivity contribution in [1.29, 1.82) is 0 Å². The van der Waals surface area contributed by atoms with Crippen molar-refractivity contribution in [2.45, 2.75) is 48.8 Å². The van der Waals surface area contributed by atoms with Crippen LogP contribution in [0.15, 0.2) is 23.2 Å². The summed E-state index contributed by atoms with van der Waals surface area (Å²) < 4.78 is 28.0. The SMILES string of the molecule is CCCNc1ncccc1S(=O)(=O)NC1CCC(SC)C1. The summed E-state index contributed by atoms with van der Waals surface area (Å²) in [5.74, 6) is 0.436. The van der Waals surface area contributed by atoms with Crippen LogP contribution in [0.4, 0.5) is 5.82 Å². The van der Waals surface area contributed by atoms with Gasteiger partial charge in [0.25, 0.3) is 0 Å². The summed E-state index contributed by atoms with van der Waals surface area (Å²) in [5.41, 5.74) is 0. The van der Waals surface area contributed by atoms with Crippen LogP contribution < -0.4 is 10.0 Å². The Hall–Kier alpha value is -0.790. The highest BCUT2D eigenvalue weighted by Gasteiger charge is 2.29. The monoisotopic (exact) mass is 329 g/mol. The van der Waals surface area contributed by atoms with Gasteiger partial charge in [-0.15, -0.1) is 0 Å². The van der Waals surface area contributed by atoms with E-state index in [0.717, 1.165) is 25.7 Å². The first-order valence-corrected chi connectivity index (χ1v) is 10.1. The van der Waals surface area contributed by atoms with E-state index in [0.29, 0.717) is 17.6 Å². The van der Waals surface area contributed by atoms with Gasteiger partial charge in [-0.3, -0.25) is 0 Å². The van der Waals surface area contributed by atoms with E-state index in [1.165, 1.54) is 0 Å². The van der Waals surface area contributed by atoms with E-state index < -0.39 is 10.0 Å². The summed E-state index contributed by atoms with van der Waals surface area (Å²) in [6.45, 7) is 2.74.